The van der Waals surface area contributed by atoms with E-state index in [2.05, 4.69) is 35.0 Å². The van der Waals surface area contributed by atoms with Crippen molar-refractivity contribution in [1.29, 1.82) is 0 Å². The van der Waals surface area contributed by atoms with Crippen molar-refractivity contribution in [3.05, 3.63) is 53.7 Å². The molecule has 1 aliphatic rings. The quantitative estimate of drug-likeness (QED) is 0.559. The molecule has 0 saturated heterocycles. The van der Waals surface area contributed by atoms with Crippen LogP contribution in [0.25, 0.3) is 22.0 Å². The molecular formula is C24H30FN3O2S. The van der Waals surface area contributed by atoms with Gasteiger partial charge in [-0.1, -0.05) is 26.8 Å². The van der Waals surface area contributed by atoms with Crippen molar-refractivity contribution < 1.29 is 12.8 Å². The number of pyridine rings is 1. The lowest BCUT2D eigenvalue weighted by Crippen LogP contribution is -2.29. The summed E-state index contributed by atoms with van der Waals surface area (Å²) in [6, 6.07) is 6.68. The maximum Gasteiger partial charge on any atom is 0.215 e. The van der Waals surface area contributed by atoms with E-state index < -0.39 is 16.1 Å². The minimum Gasteiger partial charge on any atom is -0.347 e. The van der Waals surface area contributed by atoms with Crippen LogP contribution in [0.3, 0.4) is 0 Å². The number of hydrogen-bond donors (Lipinski definition) is 1. The Morgan fingerprint density at radius 2 is 1.97 bits per heavy atom. The second-order valence-corrected chi connectivity index (χ2v) is 11.9. The van der Waals surface area contributed by atoms with E-state index in [-0.39, 0.29) is 16.5 Å². The highest BCUT2D eigenvalue weighted by atomic mass is 32.2. The molecule has 2 heterocycles. The maximum absolute atomic E-state index is 15.2. The highest BCUT2D eigenvalue weighted by Gasteiger charge is 2.37. The number of nitrogens with one attached hydrogen (secondary N) is 1. The Kier molecular flexibility index (Phi) is 5.46. The Hall–Kier alpha value is -2.25. The number of sulfonamides is 1. The zero-order valence-electron chi connectivity index (χ0n) is 18.7. The second kappa shape index (κ2) is 7.71. The third kappa shape index (κ3) is 4.67. The molecule has 1 N–H and O–H groups in total. The van der Waals surface area contributed by atoms with E-state index in [4.69, 9.17) is 0 Å². The third-order valence-corrected chi connectivity index (χ3v) is 7.67. The molecule has 4 rings (SSSR count). The SMILES string of the molecule is Cc1ccc(-c2cc3c(cc2F)c(C(C)NS(=O)(=O)C2CC2)cn3CC(C)(C)C)cn1. The zero-order chi connectivity index (χ0) is 22.6. The number of benzene rings is 1. The van der Waals surface area contributed by atoms with Crippen LogP contribution in [0.2, 0.25) is 0 Å². The summed E-state index contributed by atoms with van der Waals surface area (Å²) in [5, 5.41) is 0.437. The topological polar surface area (TPSA) is 64.0 Å². The molecular weight excluding hydrogens is 413 g/mol. The highest BCUT2D eigenvalue weighted by molar-refractivity contribution is 7.90. The molecule has 7 heteroatoms. The molecule has 3 aromatic rings. The van der Waals surface area contributed by atoms with Crippen LogP contribution < -0.4 is 4.72 Å². The smallest absolute Gasteiger partial charge is 0.215 e. The van der Waals surface area contributed by atoms with Crippen molar-refractivity contribution in [1.82, 2.24) is 14.3 Å². The van der Waals surface area contributed by atoms with E-state index >= 15 is 4.39 Å². The van der Waals surface area contributed by atoms with Crippen molar-refractivity contribution in [3.63, 3.8) is 0 Å². The number of nitrogens with zero attached hydrogens (tertiary/aromatic N) is 2. The normalized spacial score (nSPS) is 16.1. The summed E-state index contributed by atoms with van der Waals surface area (Å²) in [5.74, 6) is -0.342. The standard InChI is InChI=1S/C24H30FN3O2S/c1-15-6-7-17(12-26-15)19-11-23-20(10-22(19)25)21(13-28(23)14-24(3,4)5)16(2)27-31(29,30)18-8-9-18/h6-7,10-13,16,18,27H,8-9,14H2,1-5H3. The van der Waals surface area contributed by atoms with Gasteiger partial charge in [-0.15, -0.1) is 0 Å². The summed E-state index contributed by atoms with van der Waals surface area (Å²) in [5.41, 5.74) is 3.76. The molecule has 1 fully saturated rings. The van der Waals surface area contributed by atoms with Gasteiger partial charge in [0.2, 0.25) is 10.0 Å². The van der Waals surface area contributed by atoms with Gasteiger partial charge < -0.3 is 4.57 Å². The van der Waals surface area contributed by atoms with Crippen LogP contribution in [0.4, 0.5) is 4.39 Å². The number of fused-ring (bicyclic) bond motifs is 1. The van der Waals surface area contributed by atoms with Crippen LogP contribution in [-0.4, -0.2) is 23.2 Å². The molecule has 0 aliphatic heterocycles. The first-order valence-corrected chi connectivity index (χ1v) is 12.3. The minimum absolute atomic E-state index is 0.0000599. The number of halogens is 1. The van der Waals surface area contributed by atoms with Gasteiger partial charge in [0.25, 0.3) is 0 Å². The lowest BCUT2D eigenvalue weighted by Gasteiger charge is -2.20. The number of aromatic nitrogens is 2. The molecule has 0 radical (unpaired) electrons. The molecule has 0 bridgehead atoms. The van der Waals surface area contributed by atoms with Crippen LogP contribution in [0, 0.1) is 18.2 Å². The number of hydrogen-bond acceptors (Lipinski definition) is 3. The van der Waals surface area contributed by atoms with Crippen LogP contribution >= 0.6 is 0 Å². The summed E-state index contributed by atoms with van der Waals surface area (Å²) in [6.45, 7) is 10.9. The third-order valence-electron chi connectivity index (χ3n) is 5.64. The van der Waals surface area contributed by atoms with Gasteiger partial charge in [0.1, 0.15) is 5.82 Å². The van der Waals surface area contributed by atoms with E-state index in [1.54, 1.807) is 6.20 Å². The Balaban J connectivity index is 1.83. The average molecular weight is 444 g/mol. The molecule has 1 aliphatic carbocycles. The summed E-state index contributed by atoms with van der Waals surface area (Å²) in [6.07, 6.45) is 5.06. The average Bonchev–Trinajstić information content (AvgIpc) is 3.46. The van der Waals surface area contributed by atoms with Crippen molar-refractivity contribution >= 4 is 20.9 Å². The fourth-order valence-corrected chi connectivity index (χ4v) is 5.53. The summed E-state index contributed by atoms with van der Waals surface area (Å²) >= 11 is 0. The lowest BCUT2D eigenvalue weighted by atomic mass is 9.97. The summed E-state index contributed by atoms with van der Waals surface area (Å²) < 4.78 is 45.1. The predicted octanol–water partition coefficient (Wildman–Crippen LogP) is 5.34. The Morgan fingerprint density at radius 3 is 2.55 bits per heavy atom. The number of aryl methyl sites for hydroxylation is 1. The van der Waals surface area contributed by atoms with Crippen LogP contribution in [0.1, 0.15) is 57.8 Å². The van der Waals surface area contributed by atoms with Gasteiger partial charge in [-0.05, 0) is 55.9 Å². The first-order chi connectivity index (χ1) is 14.4. The van der Waals surface area contributed by atoms with Gasteiger partial charge in [0.15, 0.2) is 0 Å². The van der Waals surface area contributed by atoms with Gasteiger partial charge in [0.05, 0.1) is 5.25 Å². The van der Waals surface area contributed by atoms with Crippen molar-refractivity contribution in [3.8, 4) is 11.1 Å². The van der Waals surface area contributed by atoms with Crippen molar-refractivity contribution in [2.45, 2.75) is 65.3 Å². The van der Waals surface area contributed by atoms with Crippen LogP contribution in [0.15, 0.2) is 36.7 Å². The Morgan fingerprint density at radius 1 is 1.26 bits per heavy atom. The Bertz CT molecular complexity index is 1220. The first-order valence-electron chi connectivity index (χ1n) is 10.7. The van der Waals surface area contributed by atoms with Gasteiger partial charge in [-0.3, -0.25) is 4.98 Å². The molecule has 2 aromatic heterocycles. The highest BCUT2D eigenvalue weighted by Crippen LogP contribution is 2.36. The van der Waals surface area contributed by atoms with E-state index in [0.717, 1.165) is 34.3 Å². The van der Waals surface area contributed by atoms with E-state index in [0.29, 0.717) is 18.4 Å². The minimum atomic E-state index is -3.36. The van der Waals surface area contributed by atoms with E-state index in [1.165, 1.54) is 6.07 Å². The number of rotatable bonds is 6. The molecule has 31 heavy (non-hydrogen) atoms. The van der Waals surface area contributed by atoms with Crippen LogP contribution in [0.5, 0.6) is 0 Å². The van der Waals surface area contributed by atoms with Gasteiger partial charge in [0, 0.05) is 52.7 Å². The molecule has 0 spiro atoms. The van der Waals surface area contributed by atoms with E-state index in [1.807, 2.05) is 38.2 Å². The summed E-state index contributed by atoms with van der Waals surface area (Å²) in [4.78, 5) is 4.30. The second-order valence-electron chi connectivity index (χ2n) is 9.89. The molecule has 5 nitrogen and oxygen atoms in total. The van der Waals surface area contributed by atoms with E-state index in [9.17, 15) is 8.42 Å². The lowest BCUT2D eigenvalue weighted by molar-refractivity contribution is 0.349. The first kappa shape index (κ1) is 22.0. The van der Waals surface area contributed by atoms with Gasteiger partial charge >= 0.3 is 0 Å². The predicted molar refractivity (Wildman–Crippen MR) is 123 cm³/mol. The van der Waals surface area contributed by atoms with Crippen LogP contribution in [-0.2, 0) is 16.6 Å². The summed E-state index contributed by atoms with van der Waals surface area (Å²) in [7, 11) is -3.36. The van der Waals surface area contributed by atoms with Crippen molar-refractivity contribution in [2.24, 2.45) is 5.41 Å². The maximum atomic E-state index is 15.2. The molecule has 1 aromatic carbocycles. The molecule has 0 amide bonds. The fraction of sp³-hybridized carbons (Fsp3) is 0.458. The largest absolute Gasteiger partial charge is 0.347 e. The fourth-order valence-electron chi connectivity index (χ4n) is 3.96. The molecule has 1 saturated carbocycles. The molecule has 166 valence electrons. The van der Waals surface area contributed by atoms with Crippen molar-refractivity contribution in [2.75, 3.05) is 0 Å². The van der Waals surface area contributed by atoms with Gasteiger partial charge in [-0.25, -0.2) is 17.5 Å². The Labute approximate surface area is 183 Å². The van der Waals surface area contributed by atoms with Gasteiger partial charge in [-0.2, -0.15) is 0 Å². The zero-order valence-corrected chi connectivity index (χ0v) is 19.6. The molecule has 1 unspecified atom stereocenters. The monoisotopic (exact) mass is 443 g/mol. The molecule has 1 atom stereocenters.